The first-order chi connectivity index (χ1) is 13.7. The largest absolute Gasteiger partial charge is 0.351 e. The van der Waals surface area contributed by atoms with Gasteiger partial charge in [0.15, 0.2) is 0 Å². The summed E-state index contributed by atoms with van der Waals surface area (Å²) in [6.45, 7) is 1.97. The summed E-state index contributed by atoms with van der Waals surface area (Å²) >= 11 is 6.01. The number of rotatable bonds is 6. The zero-order valence-electron chi connectivity index (χ0n) is 15.9. The molecule has 0 atom stereocenters. The van der Waals surface area contributed by atoms with Gasteiger partial charge in [-0.1, -0.05) is 43.0 Å². The lowest BCUT2D eigenvalue weighted by Gasteiger charge is -2.21. The molecule has 1 saturated carbocycles. The summed E-state index contributed by atoms with van der Waals surface area (Å²) in [6.07, 6.45) is 6.88. The van der Waals surface area contributed by atoms with E-state index in [1.807, 2.05) is 36.4 Å². The number of aromatic nitrogens is 1. The Hall–Kier alpha value is -2.30. The molecule has 5 heteroatoms. The van der Waals surface area contributed by atoms with Crippen LogP contribution in [-0.2, 0) is 6.54 Å². The van der Waals surface area contributed by atoms with Crippen LogP contribution in [0, 0.1) is 5.92 Å². The van der Waals surface area contributed by atoms with Gasteiger partial charge in [0, 0.05) is 28.2 Å². The fourth-order valence-electron chi connectivity index (χ4n) is 3.94. The SMILES string of the molecule is O=C(Nc1ccc(CNCC2CCCCC2)cc1)c1cc2cc(Cl)ccc2[nH]1. The van der Waals surface area contributed by atoms with E-state index in [1.54, 1.807) is 0 Å². The number of carbonyl (C=O) groups is 1. The van der Waals surface area contributed by atoms with Crippen LogP contribution in [0.3, 0.4) is 0 Å². The highest BCUT2D eigenvalue weighted by Gasteiger charge is 2.13. The smallest absolute Gasteiger partial charge is 0.272 e. The number of hydrogen-bond acceptors (Lipinski definition) is 2. The van der Waals surface area contributed by atoms with Crippen LogP contribution < -0.4 is 10.6 Å². The second-order valence-corrected chi connectivity index (χ2v) is 8.14. The molecule has 1 fully saturated rings. The Labute approximate surface area is 170 Å². The van der Waals surface area contributed by atoms with Gasteiger partial charge in [-0.05, 0) is 67.3 Å². The maximum absolute atomic E-state index is 12.5. The number of amides is 1. The fraction of sp³-hybridized carbons (Fsp3) is 0.348. The molecule has 1 aliphatic rings. The molecule has 146 valence electrons. The Kier molecular flexibility index (Phi) is 5.98. The standard InChI is InChI=1S/C23H26ClN3O/c24-19-8-11-21-18(12-19)13-22(27-21)23(28)26-20-9-6-17(7-10-20)15-25-14-16-4-2-1-3-5-16/h6-13,16,25,27H,1-5,14-15H2,(H,26,28). The van der Waals surface area contributed by atoms with E-state index in [2.05, 4.69) is 27.8 Å². The van der Waals surface area contributed by atoms with Gasteiger partial charge in [-0.2, -0.15) is 0 Å². The number of H-pyrrole nitrogens is 1. The van der Waals surface area contributed by atoms with Crippen molar-refractivity contribution >= 4 is 34.1 Å². The summed E-state index contributed by atoms with van der Waals surface area (Å²) in [7, 11) is 0. The Morgan fingerprint density at radius 3 is 2.61 bits per heavy atom. The number of halogens is 1. The third-order valence-corrected chi connectivity index (χ3v) is 5.76. The number of carbonyl (C=O) groups excluding carboxylic acids is 1. The first-order valence-electron chi connectivity index (χ1n) is 10.1. The lowest BCUT2D eigenvalue weighted by molar-refractivity contribution is 0.102. The predicted octanol–water partition coefficient (Wildman–Crippen LogP) is 5.74. The summed E-state index contributed by atoms with van der Waals surface area (Å²) in [4.78, 5) is 15.6. The van der Waals surface area contributed by atoms with E-state index >= 15 is 0 Å². The Morgan fingerprint density at radius 2 is 1.82 bits per heavy atom. The Bertz CT molecular complexity index is 942. The van der Waals surface area contributed by atoms with Crippen molar-refractivity contribution in [1.82, 2.24) is 10.3 Å². The molecule has 28 heavy (non-hydrogen) atoms. The lowest BCUT2D eigenvalue weighted by Crippen LogP contribution is -2.24. The molecule has 0 aliphatic heterocycles. The van der Waals surface area contributed by atoms with Gasteiger partial charge in [0.05, 0.1) is 0 Å². The quantitative estimate of drug-likeness (QED) is 0.498. The summed E-state index contributed by atoms with van der Waals surface area (Å²) in [5.41, 5.74) is 3.44. The molecule has 0 bridgehead atoms. The number of benzene rings is 2. The van der Waals surface area contributed by atoms with Crippen molar-refractivity contribution < 1.29 is 4.79 Å². The highest BCUT2D eigenvalue weighted by molar-refractivity contribution is 6.31. The number of fused-ring (bicyclic) bond motifs is 1. The average molecular weight is 396 g/mol. The minimum absolute atomic E-state index is 0.157. The van der Waals surface area contributed by atoms with Gasteiger partial charge < -0.3 is 15.6 Å². The molecule has 0 unspecified atom stereocenters. The van der Waals surface area contributed by atoms with E-state index in [-0.39, 0.29) is 5.91 Å². The topological polar surface area (TPSA) is 56.9 Å². The first kappa shape index (κ1) is 19.0. The minimum atomic E-state index is -0.157. The van der Waals surface area contributed by atoms with Crippen LogP contribution in [0.5, 0.6) is 0 Å². The van der Waals surface area contributed by atoms with Gasteiger partial charge in [0.25, 0.3) is 5.91 Å². The minimum Gasteiger partial charge on any atom is -0.351 e. The van der Waals surface area contributed by atoms with Crippen molar-refractivity contribution in [2.24, 2.45) is 5.92 Å². The molecule has 1 heterocycles. The molecular weight excluding hydrogens is 370 g/mol. The molecular formula is C23H26ClN3O. The summed E-state index contributed by atoms with van der Waals surface area (Å²) < 4.78 is 0. The van der Waals surface area contributed by atoms with Crippen LogP contribution in [0.15, 0.2) is 48.5 Å². The average Bonchev–Trinajstić information content (AvgIpc) is 3.13. The second-order valence-electron chi connectivity index (χ2n) is 7.70. The highest BCUT2D eigenvalue weighted by Crippen LogP contribution is 2.23. The molecule has 3 N–H and O–H groups in total. The molecule has 1 aliphatic carbocycles. The van der Waals surface area contributed by atoms with Crippen LogP contribution >= 0.6 is 11.6 Å². The molecule has 1 aromatic heterocycles. The zero-order valence-corrected chi connectivity index (χ0v) is 16.7. The summed E-state index contributed by atoms with van der Waals surface area (Å²) in [6, 6.07) is 15.4. The van der Waals surface area contributed by atoms with E-state index in [9.17, 15) is 4.79 Å². The van der Waals surface area contributed by atoms with Crippen molar-refractivity contribution in [2.45, 2.75) is 38.6 Å². The van der Waals surface area contributed by atoms with E-state index in [1.165, 1.54) is 37.7 Å². The summed E-state index contributed by atoms with van der Waals surface area (Å²) in [5.74, 6) is 0.675. The van der Waals surface area contributed by atoms with Crippen molar-refractivity contribution in [3.63, 3.8) is 0 Å². The van der Waals surface area contributed by atoms with Crippen molar-refractivity contribution in [1.29, 1.82) is 0 Å². The monoisotopic (exact) mass is 395 g/mol. The van der Waals surface area contributed by atoms with Crippen molar-refractivity contribution in [3.8, 4) is 0 Å². The highest BCUT2D eigenvalue weighted by atomic mass is 35.5. The first-order valence-corrected chi connectivity index (χ1v) is 10.4. The maximum atomic E-state index is 12.5. The van der Waals surface area contributed by atoms with Crippen LogP contribution in [0.1, 0.15) is 48.2 Å². The van der Waals surface area contributed by atoms with E-state index < -0.39 is 0 Å². The van der Waals surface area contributed by atoms with Gasteiger partial charge >= 0.3 is 0 Å². The van der Waals surface area contributed by atoms with E-state index in [0.717, 1.165) is 35.6 Å². The maximum Gasteiger partial charge on any atom is 0.272 e. The predicted molar refractivity (Wildman–Crippen MR) is 116 cm³/mol. The molecule has 4 nitrogen and oxygen atoms in total. The molecule has 0 spiro atoms. The number of hydrogen-bond donors (Lipinski definition) is 3. The van der Waals surface area contributed by atoms with Crippen LogP contribution in [0.2, 0.25) is 5.02 Å². The van der Waals surface area contributed by atoms with Crippen molar-refractivity contribution in [3.05, 3.63) is 64.8 Å². The lowest BCUT2D eigenvalue weighted by atomic mass is 9.89. The fourth-order valence-corrected chi connectivity index (χ4v) is 4.12. The summed E-state index contributed by atoms with van der Waals surface area (Å²) in [5, 5.41) is 8.11. The van der Waals surface area contributed by atoms with E-state index in [0.29, 0.717) is 10.7 Å². The van der Waals surface area contributed by atoms with Gasteiger partial charge in [-0.15, -0.1) is 0 Å². The normalized spacial score (nSPS) is 15.0. The van der Waals surface area contributed by atoms with Gasteiger partial charge in [0.1, 0.15) is 5.69 Å². The Morgan fingerprint density at radius 1 is 1.04 bits per heavy atom. The number of aromatic amines is 1. The zero-order chi connectivity index (χ0) is 19.3. The molecule has 1 amide bonds. The molecule has 2 aromatic carbocycles. The van der Waals surface area contributed by atoms with E-state index in [4.69, 9.17) is 11.6 Å². The molecule has 3 aromatic rings. The molecule has 0 radical (unpaired) electrons. The van der Waals surface area contributed by atoms with Gasteiger partial charge in [-0.3, -0.25) is 4.79 Å². The van der Waals surface area contributed by atoms with Crippen LogP contribution in [0.4, 0.5) is 5.69 Å². The Balaban J connectivity index is 1.31. The van der Waals surface area contributed by atoms with Crippen molar-refractivity contribution in [2.75, 3.05) is 11.9 Å². The third-order valence-electron chi connectivity index (χ3n) is 5.53. The third kappa shape index (κ3) is 4.75. The number of nitrogens with one attached hydrogen (secondary N) is 3. The van der Waals surface area contributed by atoms with Crippen LogP contribution in [0.25, 0.3) is 10.9 Å². The molecule has 0 saturated heterocycles. The van der Waals surface area contributed by atoms with Gasteiger partial charge in [0.2, 0.25) is 0 Å². The van der Waals surface area contributed by atoms with Crippen LogP contribution in [-0.4, -0.2) is 17.4 Å². The van der Waals surface area contributed by atoms with Gasteiger partial charge in [-0.25, -0.2) is 0 Å². The molecule has 4 rings (SSSR count). The number of anilines is 1. The second kappa shape index (κ2) is 8.80.